The first-order valence-corrected chi connectivity index (χ1v) is 6.64. The molecule has 2 unspecified atom stereocenters. The number of aromatic carboxylic acids is 1. The van der Waals surface area contributed by atoms with Gasteiger partial charge < -0.3 is 9.52 Å². The molecule has 1 aliphatic heterocycles. The quantitative estimate of drug-likeness (QED) is 0.846. The van der Waals surface area contributed by atoms with Crippen molar-refractivity contribution >= 4 is 17.8 Å². The van der Waals surface area contributed by atoms with E-state index in [0.717, 1.165) is 12.8 Å². The number of rotatable bonds is 3. The highest BCUT2D eigenvalue weighted by molar-refractivity contribution is 6.05. The summed E-state index contributed by atoms with van der Waals surface area (Å²) in [5.41, 5.74) is 0. The molecule has 0 radical (unpaired) electrons. The second kappa shape index (κ2) is 4.47. The number of furan rings is 1. The highest BCUT2D eigenvalue weighted by Gasteiger charge is 2.51. The van der Waals surface area contributed by atoms with Gasteiger partial charge in [-0.15, -0.1) is 0 Å². The Labute approximate surface area is 115 Å². The number of likely N-dealkylation sites (tertiary alicyclic amines) is 1. The molecule has 0 spiro atoms. The van der Waals surface area contributed by atoms with Crippen LogP contribution in [0.3, 0.4) is 0 Å². The van der Waals surface area contributed by atoms with E-state index in [0.29, 0.717) is 11.7 Å². The van der Waals surface area contributed by atoms with Gasteiger partial charge in [-0.05, 0) is 30.9 Å². The monoisotopic (exact) mass is 277 g/mol. The van der Waals surface area contributed by atoms with E-state index in [4.69, 9.17) is 9.52 Å². The summed E-state index contributed by atoms with van der Waals surface area (Å²) in [6.07, 6.45) is 1.51. The number of nitrogens with zero attached hydrogens (tertiary/aromatic N) is 1. The average Bonchev–Trinajstić information content (AvgIpc) is 3.04. The van der Waals surface area contributed by atoms with Gasteiger partial charge in [0, 0.05) is 0 Å². The second-order valence-corrected chi connectivity index (χ2v) is 5.62. The molecule has 6 heteroatoms. The van der Waals surface area contributed by atoms with E-state index in [2.05, 4.69) is 6.92 Å². The molecular weight excluding hydrogens is 262 g/mol. The maximum Gasteiger partial charge on any atom is 0.371 e. The Balaban J connectivity index is 1.76. The van der Waals surface area contributed by atoms with Gasteiger partial charge in [0.15, 0.2) is 0 Å². The number of carboxylic acid groups (broad SMARTS) is 1. The van der Waals surface area contributed by atoms with Crippen LogP contribution < -0.4 is 0 Å². The third kappa shape index (κ3) is 1.92. The summed E-state index contributed by atoms with van der Waals surface area (Å²) in [6, 6.07) is 2.81. The highest BCUT2D eigenvalue weighted by Crippen LogP contribution is 2.43. The van der Waals surface area contributed by atoms with Gasteiger partial charge in [-0.3, -0.25) is 14.5 Å². The number of carbonyl (C=O) groups excluding carboxylic acids is 2. The molecule has 2 heterocycles. The molecule has 2 atom stereocenters. The molecular formula is C14H15NO5. The summed E-state index contributed by atoms with van der Waals surface area (Å²) in [6.45, 7) is 2.07. The minimum atomic E-state index is -1.17. The van der Waals surface area contributed by atoms with Gasteiger partial charge in [0.1, 0.15) is 5.76 Å². The lowest BCUT2D eigenvalue weighted by atomic mass is 10.00. The fourth-order valence-electron chi connectivity index (χ4n) is 3.24. The Bertz CT molecular complexity index is 566. The van der Waals surface area contributed by atoms with Crippen molar-refractivity contribution in [2.75, 3.05) is 0 Å². The molecule has 0 bridgehead atoms. The van der Waals surface area contributed by atoms with Crippen LogP contribution in [0.2, 0.25) is 0 Å². The van der Waals surface area contributed by atoms with Crippen molar-refractivity contribution in [3.63, 3.8) is 0 Å². The van der Waals surface area contributed by atoms with Gasteiger partial charge in [0.2, 0.25) is 17.6 Å². The van der Waals surface area contributed by atoms with Crippen LogP contribution in [-0.4, -0.2) is 27.8 Å². The third-order valence-corrected chi connectivity index (χ3v) is 4.15. The first-order valence-electron chi connectivity index (χ1n) is 6.64. The van der Waals surface area contributed by atoms with Crippen LogP contribution in [0.5, 0.6) is 0 Å². The van der Waals surface area contributed by atoms with Crippen LogP contribution >= 0.6 is 0 Å². The van der Waals surface area contributed by atoms with E-state index in [-0.39, 0.29) is 36.0 Å². The van der Waals surface area contributed by atoms with Gasteiger partial charge >= 0.3 is 5.97 Å². The number of hydrogen-bond acceptors (Lipinski definition) is 4. The third-order valence-electron chi connectivity index (χ3n) is 4.15. The zero-order valence-corrected chi connectivity index (χ0v) is 11.0. The number of fused-ring (bicyclic) bond motifs is 1. The second-order valence-electron chi connectivity index (χ2n) is 5.62. The Kier molecular flexibility index (Phi) is 2.88. The number of amides is 2. The van der Waals surface area contributed by atoms with Crippen LogP contribution in [0, 0.1) is 17.8 Å². The summed E-state index contributed by atoms with van der Waals surface area (Å²) >= 11 is 0. The van der Waals surface area contributed by atoms with Gasteiger partial charge in [-0.1, -0.05) is 6.92 Å². The van der Waals surface area contributed by atoms with Crippen molar-refractivity contribution in [1.29, 1.82) is 0 Å². The van der Waals surface area contributed by atoms with Crippen molar-refractivity contribution < 1.29 is 23.9 Å². The molecule has 2 amide bonds. The minimum absolute atomic E-state index is 0.0202. The summed E-state index contributed by atoms with van der Waals surface area (Å²) in [7, 11) is 0. The smallest absolute Gasteiger partial charge is 0.371 e. The van der Waals surface area contributed by atoms with Crippen molar-refractivity contribution in [2.45, 2.75) is 26.3 Å². The SMILES string of the molecule is CC1CC2C(=O)N(Cc3ccc(C(=O)O)o3)C(=O)C2C1. The zero-order valence-electron chi connectivity index (χ0n) is 11.0. The van der Waals surface area contributed by atoms with E-state index in [1.54, 1.807) is 0 Å². The minimum Gasteiger partial charge on any atom is -0.475 e. The van der Waals surface area contributed by atoms with Crippen molar-refractivity contribution in [2.24, 2.45) is 17.8 Å². The van der Waals surface area contributed by atoms with Crippen LogP contribution in [0.15, 0.2) is 16.5 Å². The molecule has 1 aromatic heterocycles. The molecule has 6 nitrogen and oxygen atoms in total. The Hall–Kier alpha value is -2.11. The van der Waals surface area contributed by atoms with Crippen molar-refractivity contribution in [3.8, 4) is 0 Å². The lowest BCUT2D eigenvalue weighted by Crippen LogP contribution is -2.31. The van der Waals surface area contributed by atoms with Gasteiger partial charge in [-0.2, -0.15) is 0 Å². The van der Waals surface area contributed by atoms with E-state index < -0.39 is 5.97 Å². The molecule has 2 aliphatic rings. The summed E-state index contributed by atoms with van der Waals surface area (Å²) in [5, 5.41) is 8.78. The van der Waals surface area contributed by atoms with E-state index in [1.165, 1.54) is 17.0 Å². The van der Waals surface area contributed by atoms with E-state index in [9.17, 15) is 14.4 Å². The standard InChI is InChI=1S/C14H15NO5/c1-7-4-9-10(5-7)13(17)15(12(9)16)6-8-2-3-11(20-8)14(18)19/h2-3,7,9-10H,4-6H2,1H3,(H,18,19). The van der Waals surface area contributed by atoms with Gasteiger partial charge in [-0.25, -0.2) is 4.79 Å². The molecule has 2 fully saturated rings. The summed E-state index contributed by atoms with van der Waals surface area (Å²) in [5.74, 6) is -1.35. The lowest BCUT2D eigenvalue weighted by Gasteiger charge is -2.15. The fourth-order valence-corrected chi connectivity index (χ4v) is 3.24. The Morgan fingerprint density at radius 3 is 2.40 bits per heavy atom. The molecule has 1 aliphatic carbocycles. The van der Waals surface area contributed by atoms with Gasteiger partial charge in [0.25, 0.3) is 0 Å². The molecule has 1 aromatic rings. The average molecular weight is 277 g/mol. The van der Waals surface area contributed by atoms with Gasteiger partial charge in [0.05, 0.1) is 18.4 Å². The molecule has 20 heavy (non-hydrogen) atoms. The van der Waals surface area contributed by atoms with E-state index in [1.807, 2.05) is 0 Å². The van der Waals surface area contributed by atoms with Crippen molar-refractivity contribution in [1.82, 2.24) is 4.90 Å². The largest absolute Gasteiger partial charge is 0.475 e. The molecule has 1 saturated carbocycles. The Morgan fingerprint density at radius 2 is 1.90 bits per heavy atom. The highest BCUT2D eigenvalue weighted by atomic mass is 16.4. The molecule has 1 N–H and O–H groups in total. The van der Waals surface area contributed by atoms with Crippen LogP contribution in [0.1, 0.15) is 36.1 Å². The molecule has 3 rings (SSSR count). The predicted octanol–water partition coefficient (Wildman–Crippen LogP) is 1.51. The first kappa shape index (κ1) is 12.9. The molecule has 106 valence electrons. The normalized spacial score (nSPS) is 29.1. The number of imide groups is 1. The zero-order chi connectivity index (χ0) is 14.4. The first-order chi connectivity index (χ1) is 9.47. The number of carbonyl (C=O) groups is 3. The van der Waals surface area contributed by atoms with Crippen LogP contribution in [0.4, 0.5) is 0 Å². The summed E-state index contributed by atoms with van der Waals surface area (Å²) < 4.78 is 5.10. The van der Waals surface area contributed by atoms with Crippen LogP contribution in [-0.2, 0) is 16.1 Å². The lowest BCUT2D eigenvalue weighted by molar-refractivity contribution is -0.141. The predicted molar refractivity (Wildman–Crippen MR) is 66.6 cm³/mol. The van der Waals surface area contributed by atoms with Crippen molar-refractivity contribution in [3.05, 3.63) is 23.7 Å². The maximum absolute atomic E-state index is 12.2. The molecule has 1 saturated heterocycles. The number of carboxylic acids is 1. The van der Waals surface area contributed by atoms with E-state index >= 15 is 0 Å². The fraction of sp³-hybridized carbons (Fsp3) is 0.500. The summed E-state index contributed by atoms with van der Waals surface area (Å²) in [4.78, 5) is 36.4. The maximum atomic E-state index is 12.2. The Morgan fingerprint density at radius 1 is 1.30 bits per heavy atom. The molecule has 0 aromatic carbocycles. The van der Waals surface area contributed by atoms with Crippen LogP contribution in [0.25, 0.3) is 0 Å². The topological polar surface area (TPSA) is 87.8 Å². The number of hydrogen-bond donors (Lipinski definition) is 1.